The Morgan fingerprint density at radius 2 is 1.76 bits per heavy atom. The van der Waals surface area contributed by atoms with Crippen LogP contribution in [0.3, 0.4) is 0 Å². The average molecular weight is 413 g/mol. The number of ether oxygens (including phenoxy) is 1. The number of carboxylic acid groups (broad SMARTS) is 1. The molecule has 142 valence electrons. The molecule has 0 saturated heterocycles. The molecule has 0 amide bonds. The fourth-order valence-electron chi connectivity index (χ4n) is 3.18. The number of benzene rings is 3. The molecule has 29 heavy (non-hydrogen) atoms. The Hall–Kier alpha value is -1.92. The molecule has 0 spiro atoms. The van der Waals surface area contributed by atoms with Gasteiger partial charge in [0.15, 0.2) is 0 Å². The minimum atomic E-state index is -0.985. The summed E-state index contributed by atoms with van der Waals surface area (Å²) in [6.45, 7) is 0.586. The summed E-state index contributed by atoms with van der Waals surface area (Å²) in [5.74, 6) is -0.152. The van der Waals surface area contributed by atoms with Crippen molar-refractivity contribution in [2.45, 2.75) is 25.7 Å². The van der Waals surface area contributed by atoms with Gasteiger partial charge in [0, 0.05) is 11.5 Å². The van der Waals surface area contributed by atoms with E-state index in [1.165, 1.54) is 4.70 Å². The second-order valence-corrected chi connectivity index (χ2v) is 7.77. The molecule has 0 radical (unpaired) electrons. The molecule has 3 aromatic carbocycles. The maximum absolute atomic E-state index is 10.4. The SMILES string of the molecule is O=C([O-])CCCCCOc1ccc2cc(-c3nc4ccccc4s3)ccc2c1.[Na+]. The van der Waals surface area contributed by atoms with Crippen molar-refractivity contribution in [2.24, 2.45) is 0 Å². The van der Waals surface area contributed by atoms with E-state index < -0.39 is 5.97 Å². The predicted octanol–water partition coefficient (Wildman–Crippen LogP) is 1.81. The molecule has 0 atom stereocenters. The number of nitrogens with zero attached hydrogens (tertiary/aromatic N) is 1. The molecule has 6 heteroatoms. The van der Waals surface area contributed by atoms with Crippen molar-refractivity contribution in [1.29, 1.82) is 0 Å². The monoisotopic (exact) mass is 413 g/mol. The first-order chi connectivity index (χ1) is 13.7. The molecule has 1 heterocycles. The van der Waals surface area contributed by atoms with E-state index in [4.69, 9.17) is 9.72 Å². The maximum Gasteiger partial charge on any atom is 1.00 e. The molecule has 0 unspecified atom stereocenters. The van der Waals surface area contributed by atoms with Gasteiger partial charge in [0.25, 0.3) is 0 Å². The molecule has 0 fully saturated rings. The van der Waals surface area contributed by atoms with Crippen LogP contribution in [0.15, 0.2) is 60.7 Å². The van der Waals surface area contributed by atoms with E-state index in [1.807, 2.05) is 30.3 Å². The summed E-state index contributed by atoms with van der Waals surface area (Å²) >= 11 is 1.70. The van der Waals surface area contributed by atoms with Gasteiger partial charge in [0.2, 0.25) is 0 Å². The Bertz CT molecular complexity index is 1090. The van der Waals surface area contributed by atoms with Crippen LogP contribution in [-0.4, -0.2) is 17.6 Å². The van der Waals surface area contributed by atoms with Crippen molar-refractivity contribution in [2.75, 3.05) is 6.61 Å². The van der Waals surface area contributed by atoms with E-state index in [2.05, 4.69) is 30.3 Å². The quantitative estimate of drug-likeness (QED) is 0.327. The minimum Gasteiger partial charge on any atom is -0.550 e. The third-order valence-electron chi connectivity index (χ3n) is 4.65. The maximum atomic E-state index is 10.4. The van der Waals surface area contributed by atoms with Crippen molar-refractivity contribution in [1.82, 2.24) is 4.98 Å². The van der Waals surface area contributed by atoms with E-state index in [0.29, 0.717) is 13.0 Å². The van der Waals surface area contributed by atoms with Gasteiger partial charge < -0.3 is 14.6 Å². The second-order valence-electron chi connectivity index (χ2n) is 6.74. The van der Waals surface area contributed by atoms with Crippen molar-refractivity contribution in [3.8, 4) is 16.3 Å². The summed E-state index contributed by atoms with van der Waals surface area (Å²) in [4.78, 5) is 15.1. The minimum absolute atomic E-state index is 0. The first-order valence-electron chi connectivity index (χ1n) is 9.41. The molecule has 0 aliphatic heterocycles. The zero-order valence-corrected chi connectivity index (χ0v) is 19.2. The number of hydrogen-bond donors (Lipinski definition) is 0. The van der Waals surface area contributed by atoms with E-state index >= 15 is 0 Å². The Balaban J connectivity index is 0.00000240. The summed E-state index contributed by atoms with van der Waals surface area (Å²) in [6, 6.07) is 20.6. The van der Waals surface area contributed by atoms with E-state index in [9.17, 15) is 9.90 Å². The molecular weight excluding hydrogens is 393 g/mol. The van der Waals surface area contributed by atoms with Crippen LogP contribution in [0.4, 0.5) is 0 Å². The standard InChI is InChI=1S/C23H21NO3S.Na/c25-22(26)8-2-1-5-13-27-19-12-11-16-14-18(10-9-17(16)15-19)23-24-20-6-3-4-7-21(20)28-23;/h3-4,6-7,9-12,14-15H,1-2,5,8,13H2,(H,25,26);/q;+1/p-1. The summed E-state index contributed by atoms with van der Waals surface area (Å²) in [5, 5.41) is 13.7. The van der Waals surface area contributed by atoms with Crippen LogP contribution in [0.1, 0.15) is 25.7 Å². The number of unbranched alkanes of at least 4 members (excludes halogenated alkanes) is 2. The Labute approximate surface area is 195 Å². The third kappa shape index (κ3) is 5.58. The normalized spacial score (nSPS) is 10.8. The number of hydrogen-bond acceptors (Lipinski definition) is 5. The van der Waals surface area contributed by atoms with Gasteiger partial charge in [0.1, 0.15) is 10.8 Å². The molecule has 0 aliphatic carbocycles. The molecule has 0 N–H and O–H groups in total. The molecular formula is C23H20NNaO3S. The number of thiazole rings is 1. The fourth-order valence-corrected chi connectivity index (χ4v) is 4.14. The first-order valence-corrected chi connectivity index (χ1v) is 10.2. The van der Waals surface area contributed by atoms with Crippen LogP contribution >= 0.6 is 11.3 Å². The second kappa shape index (κ2) is 10.2. The summed E-state index contributed by atoms with van der Waals surface area (Å²) in [6.07, 6.45) is 2.42. The molecule has 0 saturated carbocycles. The van der Waals surface area contributed by atoms with Crippen molar-refractivity contribution in [3.05, 3.63) is 60.7 Å². The Kier molecular flexibility index (Phi) is 7.67. The van der Waals surface area contributed by atoms with Crippen LogP contribution in [0.25, 0.3) is 31.6 Å². The topological polar surface area (TPSA) is 62.2 Å². The third-order valence-corrected chi connectivity index (χ3v) is 5.73. The van der Waals surface area contributed by atoms with Gasteiger partial charge in [-0.25, -0.2) is 4.98 Å². The number of rotatable bonds is 8. The number of fused-ring (bicyclic) bond motifs is 2. The predicted molar refractivity (Wildman–Crippen MR) is 112 cm³/mol. The fraction of sp³-hybridized carbons (Fsp3) is 0.217. The average Bonchev–Trinajstić information content (AvgIpc) is 3.14. The molecule has 0 aliphatic rings. The Morgan fingerprint density at radius 1 is 0.966 bits per heavy atom. The zero-order chi connectivity index (χ0) is 19.3. The van der Waals surface area contributed by atoms with Crippen LogP contribution in [0.2, 0.25) is 0 Å². The molecule has 0 bridgehead atoms. The van der Waals surface area contributed by atoms with Gasteiger partial charge >= 0.3 is 29.6 Å². The number of carbonyl (C=O) groups is 1. The van der Waals surface area contributed by atoms with Gasteiger partial charge in [-0.3, -0.25) is 0 Å². The summed E-state index contributed by atoms with van der Waals surface area (Å²) in [7, 11) is 0. The van der Waals surface area contributed by atoms with Crippen LogP contribution in [-0.2, 0) is 4.79 Å². The smallest absolute Gasteiger partial charge is 0.550 e. The number of aromatic nitrogens is 1. The van der Waals surface area contributed by atoms with Gasteiger partial charge in [-0.2, -0.15) is 0 Å². The van der Waals surface area contributed by atoms with E-state index in [1.54, 1.807) is 11.3 Å². The zero-order valence-electron chi connectivity index (χ0n) is 16.4. The number of para-hydroxylation sites is 1. The number of carboxylic acids is 1. The van der Waals surface area contributed by atoms with Gasteiger partial charge in [-0.1, -0.05) is 30.3 Å². The molecule has 4 aromatic rings. The molecule has 1 aromatic heterocycles. The van der Waals surface area contributed by atoms with Crippen molar-refractivity contribution < 1.29 is 44.2 Å². The summed E-state index contributed by atoms with van der Waals surface area (Å²) < 4.78 is 7.00. The Morgan fingerprint density at radius 3 is 2.59 bits per heavy atom. The van der Waals surface area contributed by atoms with E-state index in [0.717, 1.165) is 45.5 Å². The largest absolute Gasteiger partial charge is 1.00 e. The van der Waals surface area contributed by atoms with Crippen molar-refractivity contribution in [3.63, 3.8) is 0 Å². The van der Waals surface area contributed by atoms with Crippen molar-refractivity contribution >= 4 is 38.3 Å². The van der Waals surface area contributed by atoms with Gasteiger partial charge in [-0.15, -0.1) is 11.3 Å². The van der Waals surface area contributed by atoms with Crippen LogP contribution < -0.4 is 39.4 Å². The first kappa shape index (κ1) is 21.8. The molecule has 4 nitrogen and oxygen atoms in total. The van der Waals surface area contributed by atoms with Gasteiger partial charge in [-0.05, 0) is 66.8 Å². The number of carbonyl (C=O) groups excluding carboxylic acids is 1. The number of aliphatic carboxylic acids is 1. The van der Waals surface area contributed by atoms with E-state index in [-0.39, 0.29) is 36.0 Å². The summed E-state index contributed by atoms with van der Waals surface area (Å²) in [5.41, 5.74) is 2.15. The molecule has 4 rings (SSSR count). The van der Waals surface area contributed by atoms with Gasteiger partial charge in [0.05, 0.1) is 16.8 Å². The van der Waals surface area contributed by atoms with Crippen LogP contribution in [0, 0.1) is 0 Å². The van der Waals surface area contributed by atoms with Crippen LogP contribution in [0.5, 0.6) is 5.75 Å².